The SMILES string of the molecule is CCCOc1ccc(NCC2CCCC(C)N2)cc1. The van der Waals surface area contributed by atoms with Crippen LogP contribution in [0.25, 0.3) is 0 Å². The van der Waals surface area contributed by atoms with Crippen LogP contribution in [-0.2, 0) is 0 Å². The van der Waals surface area contributed by atoms with E-state index in [9.17, 15) is 0 Å². The molecule has 1 aromatic rings. The van der Waals surface area contributed by atoms with Gasteiger partial charge in [0.05, 0.1) is 6.61 Å². The maximum Gasteiger partial charge on any atom is 0.119 e. The summed E-state index contributed by atoms with van der Waals surface area (Å²) in [6.07, 6.45) is 4.96. The standard InChI is InChI=1S/C16H26N2O/c1-3-11-19-16-9-7-14(8-10-16)17-12-15-6-4-5-13(2)18-15/h7-10,13,15,17-18H,3-6,11-12H2,1-2H3. The second-order valence-electron chi connectivity index (χ2n) is 5.45. The summed E-state index contributed by atoms with van der Waals surface area (Å²) in [5.74, 6) is 0.955. The number of hydrogen-bond acceptors (Lipinski definition) is 3. The Morgan fingerprint density at radius 2 is 2.05 bits per heavy atom. The van der Waals surface area contributed by atoms with Gasteiger partial charge < -0.3 is 15.4 Å². The molecule has 2 rings (SSSR count). The van der Waals surface area contributed by atoms with Crippen molar-refractivity contribution in [3.8, 4) is 5.75 Å². The first-order valence-electron chi connectivity index (χ1n) is 7.50. The van der Waals surface area contributed by atoms with Gasteiger partial charge in [-0.15, -0.1) is 0 Å². The zero-order valence-corrected chi connectivity index (χ0v) is 12.1. The fraction of sp³-hybridized carbons (Fsp3) is 0.625. The molecule has 0 aromatic heterocycles. The molecule has 19 heavy (non-hydrogen) atoms. The fourth-order valence-electron chi connectivity index (χ4n) is 2.53. The number of benzene rings is 1. The predicted molar refractivity (Wildman–Crippen MR) is 81.0 cm³/mol. The summed E-state index contributed by atoms with van der Waals surface area (Å²) in [7, 11) is 0. The molecule has 1 aromatic carbocycles. The van der Waals surface area contributed by atoms with Crippen LogP contribution in [0.15, 0.2) is 24.3 Å². The molecule has 2 N–H and O–H groups in total. The van der Waals surface area contributed by atoms with Crippen molar-refractivity contribution in [3.63, 3.8) is 0 Å². The van der Waals surface area contributed by atoms with Crippen LogP contribution in [-0.4, -0.2) is 25.2 Å². The van der Waals surface area contributed by atoms with Gasteiger partial charge in [0.25, 0.3) is 0 Å². The Kier molecular flexibility index (Phi) is 5.52. The van der Waals surface area contributed by atoms with Gasteiger partial charge in [0.2, 0.25) is 0 Å². The third-order valence-corrected chi connectivity index (χ3v) is 3.59. The Morgan fingerprint density at radius 1 is 1.26 bits per heavy atom. The van der Waals surface area contributed by atoms with Gasteiger partial charge in [-0.1, -0.05) is 13.3 Å². The summed E-state index contributed by atoms with van der Waals surface area (Å²) >= 11 is 0. The molecule has 3 nitrogen and oxygen atoms in total. The first-order valence-corrected chi connectivity index (χ1v) is 7.50. The third-order valence-electron chi connectivity index (χ3n) is 3.59. The van der Waals surface area contributed by atoms with Crippen LogP contribution < -0.4 is 15.4 Å². The molecule has 0 spiro atoms. The van der Waals surface area contributed by atoms with Gasteiger partial charge in [-0.25, -0.2) is 0 Å². The molecular weight excluding hydrogens is 236 g/mol. The van der Waals surface area contributed by atoms with Crippen LogP contribution in [0.3, 0.4) is 0 Å². The van der Waals surface area contributed by atoms with Crippen LogP contribution in [0.1, 0.15) is 39.5 Å². The lowest BCUT2D eigenvalue weighted by atomic mass is 9.99. The van der Waals surface area contributed by atoms with E-state index in [0.717, 1.165) is 25.3 Å². The molecule has 1 aliphatic heterocycles. The van der Waals surface area contributed by atoms with E-state index in [2.05, 4.69) is 36.6 Å². The van der Waals surface area contributed by atoms with Crippen LogP contribution in [0.5, 0.6) is 5.75 Å². The van der Waals surface area contributed by atoms with Crippen LogP contribution in [0, 0.1) is 0 Å². The Morgan fingerprint density at radius 3 is 2.74 bits per heavy atom. The van der Waals surface area contributed by atoms with E-state index >= 15 is 0 Å². The molecule has 0 bridgehead atoms. The first-order chi connectivity index (χ1) is 9.28. The summed E-state index contributed by atoms with van der Waals surface area (Å²) in [6, 6.07) is 9.52. The Hall–Kier alpha value is -1.22. The van der Waals surface area contributed by atoms with Gasteiger partial charge in [-0.05, 0) is 50.5 Å². The van der Waals surface area contributed by atoms with Gasteiger partial charge in [0.15, 0.2) is 0 Å². The average molecular weight is 262 g/mol. The number of piperidine rings is 1. The largest absolute Gasteiger partial charge is 0.494 e. The number of hydrogen-bond donors (Lipinski definition) is 2. The van der Waals surface area contributed by atoms with Crippen LogP contribution >= 0.6 is 0 Å². The molecule has 0 saturated carbocycles. The van der Waals surface area contributed by atoms with E-state index in [-0.39, 0.29) is 0 Å². The first kappa shape index (κ1) is 14.2. The Labute approximate surface area is 116 Å². The Bertz CT molecular complexity index is 364. The van der Waals surface area contributed by atoms with E-state index in [4.69, 9.17) is 4.74 Å². The van der Waals surface area contributed by atoms with E-state index in [1.807, 2.05) is 12.1 Å². The zero-order valence-electron chi connectivity index (χ0n) is 12.1. The third kappa shape index (κ3) is 4.75. The predicted octanol–water partition coefficient (Wildman–Crippen LogP) is 3.42. The monoisotopic (exact) mass is 262 g/mol. The highest BCUT2D eigenvalue weighted by atomic mass is 16.5. The van der Waals surface area contributed by atoms with Crippen molar-refractivity contribution >= 4 is 5.69 Å². The molecule has 3 heteroatoms. The summed E-state index contributed by atoms with van der Waals surface area (Å²) < 4.78 is 5.58. The quantitative estimate of drug-likeness (QED) is 0.824. The van der Waals surface area contributed by atoms with Gasteiger partial charge in [-0.2, -0.15) is 0 Å². The van der Waals surface area contributed by atoms with E-state index in [0.29, 0.717) is 12.1 Å². The Balaban J connectivity index is 1.76. The van der Waals surface area contributed by atoms with Crippen molar-refractivity contribution in [2.45, 2.75) is 51.6 Å². The zero-order chi connectivity index (χ0) is 13.5. The lowest BCUT2D eigenvalue weighted by Crippen LogP contribution is -2.44. The normalized spacial score (nSPS) is 23.1. The highest BCUT2D eigenvalue weighted by molar-refractivity contribution is 5.46. The highest BCUT2D eigenvalue weighted by Crippen LogP contribution is 2.17. The summed E-state index contributed by atoms with van der Waals surface area (Å²) in [4.78, 5) is 0. The minimum atomic E-state index is 0.597. The molecule has 0 amide bonds. The average Bonchev–Trinajstić information content (AvgIpc) is 2.44. The van der Waals surface area contributed by atoms with Crippen molar-refractivity contribution in [2.24, 2.45) is 0 Å². The van der Waals surface area contributed by atoms with Crippen LogP contribution in [0.4, 0.5) is 5.69 Å². The van der Waals surface area contributed by atoms with Gasteiger partial charge >= 0.3 is 0 Å². The van der Waals surface area contributed by atoms with Gasteiger partial charge in [-0.3, -0.25) is 0 Å². The topological polar surface area (TPSA) is 33.3 Å². The molecule has 2 atom stereocenters. The molecule has 106 valence electrons. The molecule has 2 unspecified atom stereocenters. The lowest BCUT2D eigenvalue weighted by molar-refractivity contribution is 0.317. The van der Waals surface area contributed by atoms with Crippen molar-refractivity contribution in [1.82, 2.24) is 5.32 Å². The van der Waals surface area contributed by atoms with E-state index in [1.165, 1.54) is 24.9 Å². The molecular formula is C16H26N2O. The number of anilines is 1. The fourth-order valence-corrected chi connectivity index (χ4v) is 2.53. The highest BCUT2D eigenvalue weighted by Gasteiger charge is 2.16. The molecule has 0 radical (unpaired) electrons. The minimum absolute atomic E-state index is 0.597. The molecule has 1 heterocycles. The number of ether oxygens (including phenoxy) is 1. The molecule has 0 aliphatic carbocycles. The maximum absolute atomic E-state index is 5.58. The lowest BCUT2D eigenvalue weighted by Gasteiger charge is -2.29. The van der Waals surface area contributed by atoms with Crippen molar-refractivity contribution in [2.75, 3.05) is 18.5 Å². The molecule has 1 saturated heterocycles. The summed E-state index contributed by atoms with van der Waals surface area (Å²) in [5.41, 5.74) is 1.17. The van der Waals surface area contributed by atoms with Gasteiger partial charge in [0, 0.05) is 24.3 Å². The summed E-state index contributed by atoms with van der Waals surface area (Å²) in [6.45, 7) is 6.18. The molecule has 1 aliphatic rings. The van der Waals surface area contributed by atoms with Crippen LogP contribution in [0.2, 0.25) is 0 Å². The van der Waals surface area contributed by atoms with Crippen molar-refractivity contribution in [3.05, 3.63) is 24.3 Å². The maximum atomic E-state index is 5.58. The van der Waals surface area contributed by atoms with E-state index in [1.54, 1.807) is 0 Å². The van der Waals surface area contributed by atoms with Crippen molar-refractivity contribution in [1.29, 1.82) is 0 Å². The summed E-state index contributed by atoms with van der Waals surface area (Å²) in [5, 5.41) is 7.14. The second-order valence-corrected chi connectivity index (χ2v) is 5.45. The number of nitrogens with one attached hydrogen (secondary N) is 2. The number of rotatable bonds is 6. The van der Waals surface area contributed by atoms with E-state index < -0.39 is 0 Å². The van der Waals surface area contributed by atoms with Gasteiger partial charge in [0.1, 0.15) is 5.75 Å². The molecule has 1 fully saturated rings. The van der Waals surface area contributed by atoms with Crippen molar-refractivity contribution < 1.29 is 4.74 Å². The minimum Gasteiger partial charge on any atom is -0.494 e. The smallest absolute Gasteiger partial charge is 0.119 e. The second kappa shape index (κ2) is 7.39.